The predicted molar refractivity (Wildman–Crippen MR) is 89.9 cm³/mol. The lowest BCUT2D eigenvalue weighted by atomic mass is 9.92. The molecular weight excluding hydrogens is 336 g/mol. The lowest BCUT2D eigenvalue weighted by Gasteiger charge is -2.28. The highest BCUT2D eigenvalue weighted by molar-refractivity contribution is 6.30. The number of alkyl halides is 2. The summed E-state index contributed by atoms with van der Waals surface area (Å²) < 4.78 is 31.8. The normalized spacial score (nSPS) is 17.5. The zero-order chi connectivity index (χ0) is 17.2. The molecule has 1 aliphatic carbocycles. The fourth-order valence-electron chi connectivity index (χ4n) is 2.83. The number of rotatable bonds is 4. The number of aromatic nitrogens is 2. The minimum atomic E-state index is -2.55. The summed E-state index contributed by atoms with van der Waals surface area (Å²) in [5.41, 5.74) is 1.42. The average Bonchev–Trinajstić information content (AvgIpc) is 2.57. The highest BCUT2D eigenvalue weighted by atomic mass is 35.5. The maximum Gasteiger partial charge on any atom is 0.248 e. The van der Waals surface area contributed by atoms with Crippen molar-refractivity contribution in [2.75, 3.05) is 12.4 Å². The Morgan fingerprint density at radius 3 is 2.71 bits per heavy atom. The fourth-order valence-corrected chi connectivity index (χ4v) is 3.00. The Morgan fingerprint density at radius 1 is 1.25 bits per heavy atom. The van der Waals surface area contributed by atoms with Crippen molar-refractivity contribution < 1.29 is 13.5 Å². The molecule has 1 saturated carbocycles. The van der Waals surface area contributed by atoms with Gasteiger partial charge in [-0.05, 0) is 37.1 Å². The van der Waals surface area contributed by atoms with Crippen molar-refractivity contribution in [2.45, 2.75) is 37.6 Å². The first kappa shape index (κ1) is 16.9. The van der Waals surface area contributed by atoms with E-state index in [0.29, 0.717) is 35.3 Å². The number of hydrogen-bond acceptors (Lipinski definition) is 4. The van der Waals surface area contributed by atoms with Gasteiger partial charge in [-0.15, -0.1) is 0 Å². The molecule has 0 radical (unpaired) electrons. The average molecular weight is 354 g/mol. The Balaban J connectivity index is 1.79. The highest BCUT2D eigenvalue weighted by Gasteiger charge is 2.35. The van der Waals surface area contributed by atoms with Crippen molar-refractivity contribution in [2.24, 2.45) is 0 Å². The molecule has 128 valence electrons. The van der Waals surface area contributed by atoms with Crippen LogP contribution < -0.4 is 10.1 Å². The summed E-state index contributed by atoms with van der Waals surface area (Å²) in [7, 11) is 1.58. The molecule has 0 amide bonds. The molecule has 0 saturated heterocycles. The van der Waals surface area contributed by atoms with Gasteiger partial charge in [0.25, 0.3) is 0 Å². The molecule has 0 bridgehead atoms. The Labute approximate surface area is 144 Å². The quantitative estimate of drug-likeness (QED) is 0.858. The largest absolute Gasteiger partial charge is 0.496 e. The van der Waals surface area contributed by atoms with Gasteiger partial charge in [-0.3, -0.25) is 0 Å². The van der Waals surface area contributed by atoms with Gasteiger partial charge in [0.15, 0.2) is 0 Å². The van der Waals surface area contributed by atoms with Gasteiger partial charge in [0.1, 0.15) is 5.75 Å². The standard InChI is InChI=1S/C17H18ClF2N3O/c1-24-15-3-2-11(18)10-13(15)14-6-9-21-16(23-14)22-12-4-7-17(19,20)8-5-12/h2-3,6,9-10,12H,4-5,7-8H2,1H3,(H,21,22,23). The van der Waals surface area contributed by atoms with Crippen LogP contribution in [0.5, 0.6) is 5.75 Å². The van der Waals surface area contributed by atoms with Gasteiger partial charge in [-0.1, -0.05) is 11.6 Å². The molecule has 1 aliphatic rings. The van der Waals surface area contributed by atoms with Crippen LogP contribution in [0.15, 0.2) is 30.5 Å². The smallest absolute Gasteiger partial charge is 0.248 e. The topological polar surface area (TPSA) is 47.0 Å². The third-order valence-electron chi connectivity index (χ3n) is 4.14. The molecule has 4 nitrogen and oxygen atoms in total. The number of nitrogens with one attached hydrogen (secondary N) is 1. The van der Waals surface area contributed by atoms with E-state index < -0.39 is 5.92 Å². The van der Waals surface area contributed by atoms with Gasteiger partial charge >= 0.3 is 0 Å². The zero-order valence-electron chi connectivity index (χ0n) is 13.2. The van der Waals surface area contributed by atoms with Crippen molar-refractivity contribution in [3.05, 3.63) is 35.5 Å². The summed E-state index contributed by atoms with van der Waals surface area (Å²) >= 11 is 6.06. The summed E-state index contributed by atoms with van der Waals surface area (Å²) in [6.45, 7) is 0. The second kappa shape index (κ2) is 6.89. The van der Waals surface area contributed by atoms with E-state index >= 15 is 0 Å². The molecular formula is C17H18ClF2N3O. The molecule has 1 N–H and O–H groups in total. The second-order valence-corrected chi connectivity index (χ2v) is 6.32. The molecule has 0 spiro atoms. The minimum Gasteiger partial charge on any atom is -0.496 e. The van der Waals surface area contributed by atoms with Crippen LogP contribution in [0.1, 0.15) is 25.7 Å². The van der Waals surface area contributed by atoms with Gasteiger partial charge in [0.2, 0.25) is 11.9 Å². The zero-order valence-corrected chi connectivity index (χ0v) is 14.0. The van der Waals surface area contributed by atoms with E-state index in [0.717, 1.165) is 5.56 Å². The Bertz CT molecular complexity index is 717. The number of halogens is 3. The molecule has 1 aromatic carbocycles. The Hall–Kier alpha value is -1.95. The number of ether oxygens (including phenoxy) is 1. The maximum absolute atomic E-state index is 13.2. The third kappa shape index (κ3) is 3.93. The van der Waals surface area contributed by atoms with E-state index in [-0.39, 0.29) is 18.9 Å². The van der Waals surface area contributed by atoms with Crippen LogP contribution in [-0.2, 0) is 0 Å². The highest BCUT2D eigenvalue weighted by Crippen LogP contribution is 2.34. The molecule has 1 aromatic heterocycles. The number of methoxy groups -OCH3 is 1. The van der Waals surface area contributed by atoms with Crippen LogP contribution in [-0.4, -0.2) is 29.0 Å². The Morgan fingerprint density at radius 2 is 2.00 bits per heavy atom. The molecule has 0 atom stereocenters. The van der Waals surface area contributed by atoms with Crippen LogP contribution >= 0.6 is 11.6 Å². The van der Waals surface area contributed by atoms with Crippen LogP contribution in [0.3, 0.4) is 0 Å². The van der Waals surface area contributed by atoms with E-state index in [1.165, 1.54) is 0 Å². The summed E-state index contributed by atoms with van der Waals surface area (Å²) in [5, 5.41) is 3.73. The van der Waals surface area contributed by atoms with Gasteiger partial charge in [0, 0.05) is 35.7 Å². The predicted octanol–water partition coefficient (Wildman–Crippen LogP) is 4.80. The van der Waals surface area contributed by atoms with Crippen molar-refractivity contribution in [3.63, 3.8) is 0 Å². The Kier molecular flexibility index (Phi) is 4.85. The second-order valence-electron chi connectivity index (χ2n) is 5.88. The first-order chi connectivity index (χ1) is 11.5. The van der Waals surface area contributed by atoms with Crippen molar-refractivity contribution in [3.8, 4) is 17.0 Å². The van der Waals surface area contributed by atoms with Gasteiger partial charge in [-0.25, -0.2) is 18.7 Å². The monoisotopic (exact) mass is 353 g/mol. The van der Waals surface area contributed by atoms with E-state index in [9.17, 15) is 8.78 Å². The van der Waals surface area contributed by atoms with Gasteiger partial charge < -0.3 is 10.1 Å². The third-order valence-corrected chi connectivity index (χ3v) is 4.38. The van der Waals surface area contributed by atoms with Crippen LogP contribution in [0.25, 0.3) is 11.3 Å². The lowest BCUT2D eigenvalue weighted by molar-refractivity contribution is -0.0361. The van der Waals surface area contributed by atoms with E-state index in [1.807, 2.05) is 0 Å². The van der Waals surface area contributed by atoms with Gasteiger partial charge in [0.05, 0.1) is 12.8 Å². The van der Waals surface area contributed by atoms with Crippen molar-refractivity contribution in [1.29, 1.82) is 0 Å². The molecule has 7 heteroatoms. The van der Waals surface area contributed by atoms with Gasteiger partial charge in [-0.2, -0.15) is 0 Å². The SMILES string of the molecule is COc1ccc(Cl)cc1-c1ccnc(NC2CCC(F)(F)CC2)n1. The maximum atomic E-state index is 13.2. The molecule has 1 heterocycles. The minimum absolute atomic E-state index is 0.0406. The number of nitrogens with zero attached hydrogens (tertiary/aromatic N) is 2. The van der Waals surface area contributed by atoms with E-state index in [1.54, 1.807) is 37.6 Å². The van der Waals surface area contributed by atoms with Crippen LogP contribution in [0.4, 0.5) is 14.7 Å². The molecule has 2 aromatic rings. The van der Waals surface area contributed by atoms with Crippen molar-refractivity contribution in [1.82, 2.24) is 9.97 Å². The fraction of sp³-hybridized carbons (Fsp3) is 0.412. The number of benzene rings is 1. The van der Waals surface area contributed by atoms with E-state index in [2.05, 4.69) is 15.3 Å². The number of anilines is 1. The summed E-state index contributed by atoms with van der Waals surface area (Å²) in [4.78, 5) is 8.66. The summed E-state index contributed by atoms with van der Waals surface area (Å²) in [6.07, 6.45) is 2.23. The summed E-state index contributed by atoms with van der Waals surface area (Å²) in [6, 6.07) is 7.01. The molecule has 24 heavy (non-hydrogen) atoms. The summed E-state index contributed by atoms with van der Waals surface area (Å²) in [5.74, 6) is -1.47. The molecule has 0 unspecified atom stereocenters. The molecule has 0 aliphatic heterocycles. The van der Waals surface area contributed by atoms with Crippen LogP contribution in [0, 0.1) is 0 Å². The number of hydrogen-bond donors (Lipinski definition) is 1. The molecule has 1 fully saturated rings. The first-order valence-electron chi connectivity index (χ1n) is 7.78. The molecule has 3 rings (SSSR count). The van der Waals surface area contributed by atoms with E-state index in [4.69, 9.17) is 16.3 Å². The van der Waals surface area contributed by atoms with Crippen molar-refractivity contribution >= 4 is 17.5 Å². The van der Waals surface area contributed by atoms with Crippen LogP contribution in [0.2, 0.25) is 5.02 Å². The first-order valence-corrected chi connectivity index (χ1v) is 8.16. The lowest BCUT2D eigenvalue weighted by Crippen LogP contribution is -2.32.